The lowest BCUT2D eigenvalue weighted by Crippen LogP contribution is -1.91. The van der Waals surface area contributed by atoms with Crippen LogP contribution < -0.4 is 0 Å². The molecule has 0 fully saturated rings. The lowest BCUT2D eigenvalue weighted by atomic mass is 10.2. The second kappa shape index (κ2) is 4.01. The number of hydrogen-bond acceptors (Lipinski definition) is 2. The van der Waals surface area contributed by atoms with Crippen molar-refractivity contribution >= 4 is 61.6 Å². The first kappa shape index (κ1) is 11.3. The summed E-state index contributed by atoms with van der Waals surface area (Å²) in [5, 5.41) is 0.259. The molecule has 0 radical (unpaired) electrons. The third-order valence-electron chi connectivity index (χ3n) is 1.75. The molecule has 0 amide bonds. The normalized spacial score (nSPS) is 11.0. The minimum atomic E-state index is -0.674. The van der Waals surface area contributed by atoms with Crippen molar-refractivity contribution in [3.8, 4) is 0 Å². The van der Waals surface area contributed by atoms with Gasteiger partial charge in [-0.15, -0.1) is 0 Å². The largest absolute Gasteiger partial charge is 0.224 e. The number of fused-ring (bicyclic) bond motifs is 1. The first-order chi connectivity index (χ1) is 7.00. The Kier molecular flexibility index (Phi) is 3.03. The molecular formula is C8HBrCl3FN2. The molecule has 7 heteroatoms. The Bertz CT molecular complexity index is 561. The van der Waals surface area contributed by atoms with Gasteiger partial charge in [0.2, 0.25) is 5.28 Å². The predicted octanol–water partition coefficient (Wildman–Crippen LogP) is 4.49. The van der Waals surface area contributed by atoms with Crippen molar-refractivity contribution in [2.75, 3.05) is 0 Å². The van der Waals surface area contributed by atoms with Gasteiger partial charge in [-0.2, -0.15) is 0 Å². The molecule has 0 spiro atoms. The molecule has 0 unspecified atom stereocenters. The van der Waals surface area contributed by atoms with Crippen molar-refractivity contribution in [1.82, 2.24) is 9.97 Å². The first-order valence-electron chi connectivity index (χ1n) is 3.67. The molecule has 2 rings (SSSR count). The molecule has 0 atom stereocenters. The van der Waals surface area contributed by atoms with Crippen molar-refractivity contribution in [1.29, 1.82) is 0 Å². The van der Waals surface area contributed by atoms with Gasteiger partial charge in [0.05, 0.1) is 5.02 Å². The maximum atomic E-state index is 13.6. The molecule has 2 aromatic rings. The summed E-state index contributed by atoms with van der Waals surface area (Å²) in [6.45, 7) is 0. The van der Waals surface area contributed by atoms with E-state index in [0.717, 1.165) is 0 Å². The highest BCUT2D eigenvalue weighted by Gasteiger charge is 2.15. The van der Waals surface area contributed by atoms with Crippen LogP contribution in [0.2, 0.25) is 15.5 Å². The van der Waals surface area contributed by atoms with E-state index in [1.54, 1.807) is 6.07 Å². The minimum absolute atomic E-state index is 0.00759. The molecule has 1 aromatic heterocycles. The zero-order valence-electron chi connectivity index (χ0n) is 6.86. The number of halogens is 5. The molecule has 78 valence electrons. The van der Waals surface area contributed by atoms with E-state index >= 15 is 0 Å². The fourth-order valence-corrected chi connectivity index (χ4v) is 2.09. The van der Waals surface area contributed by atoms with Gasteiger partial charge < -0.3 is 0 Å². The average Bonchev–Trinajstić information content (AvgIpc) is 2.17. The predicted molar refractivity (Wildman–Crippen MR) is 62.2 cm³/mol. The fraction of sp³-hybridized carbons (Fsp3) is 0. The maximum absolute atomic E-state index is 13.6. The van der Waals surface area contributed by atoms with Crippen LogP contribution >= 0.6 is 50.7 Å². The fourth-order valence-electron chi connectivity index (χ4n) is 1.11. The number of benzene rings is 1. The third kappa shape index (κ3) is 1.91. The summed E-state index contributed by atoms with van der Waals surface area (Å²) in [7, 11) is 0. The van der Waals surface area contributed by atoms with Gasteiger partial charge in [0.15, 0.2) is 5.82 Å². The zero-order valence-corrected chi connectivity index (χ0v) is 10.7. The van der Waals surface area contributed by atoms with E-state index < -0.39 is 5.82 Å². The quantitative estimate of drug-likeness (QED) is 0.404. The van der Waals surface area contributed by atoms with E-state index in [4.69, 9.17) is 34.8 Å². The molecule has 0 saturated carbocycles. The topological polar surface area (TPSA) is 25.8 Å². The Morgan fingerprint density at radius 1 is 1.20 bits per heavy atom. The molecule has 2 nitrogen and oxygen atoms in total. The molecular weight excluding hydrogens is 329 g/mol. The minimum Gasteiger partial charge on any atom is -0.215 e. The summed E-state index contributed by atoms with van der Waals surface area (Å²) in [6.07, 6.45) is 0. The highest BCUT2D eigenvalue weighted by atomic mass is 79.9. The van der Waals surface area contributed by atoms with Crippen molar-refractivity contribution in [3.05, 3.63) is 31.8 Å². The van der Waals surface area contributed by atoms with Gasteiger partial charge in [0.1, 0.15) is 10.7 Å². The van der Waals surface area contributed by atoms with Crippen LogP contribution in [0.1, 0.15) is 0 Å². The molecule has 1 heterocycles. The van der Waals surface area contributed by atoms with Crippen LogP contribution in [0.15, 0.2) is 10.5 Å². The molecule has 0 aliphatic rings. The summed E-state index contributed by atoms with van der Waals surface area (Å²) in [5.74, 6) is -0.674. The van der Waals surface area contributed by atoms with Crippen molar-refractivity contribution in [2.24, 2.45) is 0 Å². The number of rotatable bonds is 0. The van der Waals surface area contributed by atoms with Gasteiger partial charge in [0, 0.05) is 9.86 Å². The Labute approximate surface area is 107 Å². The van der Waals surface area contributed by atoms with Crippen LogP contribution in [0.3, 0.4) is 0 Å². The van der Waals surface area contributed by atoms with Crippen LogP contribution in [0.4, 0.5) is 4.39 Å². The van der Waals surface area contributed by atoms with E-state index in [2.05, 4.69) is 25.9 Å². The monoisotopic (exact) mass is 328 g/mol. The summed E-state index contributed by atoms with van der Waals surface area (Å²) >= 11 is 20.1. The lowest BCUT2D eigenvalue weighted by Gasteiger charge is -2.04. The molecule has 15 heavy (non-hydrogen) atoms. The third-order valence-corrected chi connectivity index (χ3v) is 3.43. The molecule has 0 bridgehead atoms. The van der Waals surface area contributed by atoms with Gasteiger partial charge in [-0.25, -0.2) is 14.4 Å². The SMILES string of the molecule is Fc1c(Cl)c(Br)cc2c(Cl)nc(Cl)nc12. The zero-order chi connectivity index (χ0) is 11.2. The van der Waals surface area contributed by atoms with E-state index in [0.29, 0.717) is 9.86 Å². The van der Waals surface area contributed by atoms with Gasteiger partial charge in [0.25, 0.3) is 0 Å². The van der Waals surface area contributed by atoms with E-state index in [9.17, 15) is 4.39 Å². The molecule has 0 aliphatic heterocycles. The Morgan fingerprint density at radius 3 is 2.53 bits per heavy atom. The lowest BCUT2D eigenvalue weighted by molar-refractivity contribution is 0.636. The first-order valence-corrected chi connectivity index (χ1v) is 5.59. The Hall–Kier alpha value is -0.160. The van der Waals surface area contributed by atoms with E-state index in [-0.39, 0.29) is 21.0 Å². The van der Waals surface area contributed by atoms with Gasteiger partial charge in [-0.3, -0.25) is 0 Å². The molecule has 1 aromatic carbocycles. The van der Waals surface area contributed by atoms with Crippen LogP contribution in [-0.4, -0.2) is 9.97 Å². The van der Waals surface area contributed by atoms with Gasteiger partial charge >= 0.3 is 0 Å². The molecule has 0 aliphatic carbocycles. The maximum Gasteiger partial charge on any atom is 0.224 e. The van der Waals surface area contributed by atoms with E-state index in [1.807, 2.05) is 0 Å². The summed E-state index contributed by atoms with van der Waals surface area (Å²) in [4.78, 5) is 7.43. The van der Waals surface area contributed by atoms with Crippen LogP contribution in [0, 0.1) is 5.82 Å². The summed E-state index contributed by atoms with van der Waals surface area (Å²) < 4.78 is 14.0. The van der Waals surface area contributed by atoms with Gasteiger partial charge in [-0.1, -0.05) is 23.2 Å². The summed E-state index contributed by atoms with van der Waals surface area (Å²) in [6, 6.07) is 1.54. The van der Waals surface area contributed by atoms with Gasteiger partial charge in [-0.05, 0) is 33.6 Å². The van der Waals surface area contributed by atoms with Crippen molar-refractivity contribution in [2.45, 2.75) is 0 Å². The highest BCUT2D eigenvalue weighted by Crippen LogP contribution is 2.34. The standard InChI is InChI=1S/C8HBrCl3FN2/c9-3-1-2-6(5(13)4(3)10)14-8(12)15-7(2)11/h1H. The Balaban J connectivity index is 2.98. The number of aromatic nitrogens is 2. The highest BCUT2D eigenvalue weighted by molar-refractivity contribution is 9.10. The smallest absolute Gasteiger partial charge is 0.215 e. The van der Waals surface area contributed by atoms with Crippen molar-refractivity contribution in [3.63, 3.8) is 0 Å². The summed E-state index contributed by atoms with van der Waals surface area (Å²) in [5.41, 5.74) is 0.00759. The Morgan fingerprint density at radius 2 is 1.87 bits per heavy atom. The van der Waals surface area contributed by atoms with Crippen LogP contribution in [0.25, 0.3) is 10.9 Å². The second-order valence-electron chi connectivity index (χ2n) is 2.67. The van der Waals surface area contributed by atoms with E-state index in [1.165, 1.54) is 0 Å². The molecule has 0 saturated heterocycles. The molecule has 0 N–H and O–H groups in total. The van der Waals surface area contributed by atoms with Crippen LogP contribution in [-0.2, 0) is 0 Å². The number of hydrogen-bond donors (Lipinski definition) is 0. The van der Waals surface area contributed by atoms with Crippen LogP contribution in [0.5, 0.6) is 0 Å². The average molecular weight is 330 g/mol. The number of nitrogens with zero attached hydrogens (tertiary/aromatic N) is 2. The van der Waals surface area contributed by atoms with Crippen molar-refractivity contribution < 1.29 is 4.39 Å². The second-order valence-corrected chi connectivity index (χ2v) is 4.59.